The number of rotatable bonds is 6. The monoisotopic (exact) mass is 443 g/mol. The minimum Gasteiger partial charge on any atom is -0.434 e. The Balaban J connectivity index is 0.00000264. The van der Waals surface area contributed by atoms with E-state index in [4.69, 9.17) is 0 Å². The molecule has 0 bridgehead atoms. The van der Waals surface area contributed by atoms with Crippen molar-refractivity contribution in [3.8, 4) is 5.75 Å². The number of hydrogen-bond donors (Lipinski definition) is 2. The summed E-state index contributed by atoms with van der Waals surface area (Å²) in [6.45, 7) is 1.62. The van der Waals surface area contributed by atoms with Crippen molar-refractivity contribution >= 4 is 29.9 Å². The first-order chi connectivity index (χ1) is 10.5. The van der Waals surface area contributed by atoms with Crippen LogP contribution in [0.15, 0.2) is 23.2 Å². The molecule has 1 saturated carbocycles. The van der Waals surface area contributed by atoms with Gasteiger partial charge in [0, 0.05) is 12.6 Å². The zero-order valence-corrected chi connectivity index (χ0v) is 15.3. The molecule has 130 valence electrons. The second kappa shape index (κ2) is 9.19. The van der Waals surface area contributed by atoms with Gasteiger partial charge in [-0.2, -0.15) is 8.78 Å². The molecular formula is C15H21F3IN3O. The van der Waals surface area contributed by atoms with Crippen molar-refractivity contribution < 1.29 is 17.9 Å². The van der Waals surface area contributed by atoms with Gasteiger partial charge in [0.05, 0.1) is 12.1 Å². The molecule has 0 saturated heterocycles. The fraction of sp³-hybridized carbons (Fsp3) is 0.533. The van der Waals surface area contributed by atoms with E-state index in [9.17, 15) is 13.2 Å². The van der Waals surface area contributed by atoms with Crippen LogP contribution in [0.1, 0.15) is 25.8 Å². The summed E-state index contributed by atoms with van der Waals surface area (Å²) >= 11 is 0. The van der Waals surface area contributed by atoms with Crippen LogP contribution in [0.2, 0.25) is 0 Å². The van der Waals surface area contributed by atoms with E-state index in [1.54, 1.807) is 0 Å². The molecule has 8 heteroatoms. The van der Waals surface area contributed by atoms with Gasteiger partial charge in [-0.3, -0.25) is 0 Å². The molecule has 2 N–H and O–H groups in total. The minimum atomic E-state index is -3.00. The van der Waals surface area contributed by atoms with Crippen LogP contribution in [-0.2, 0) is 6.54 Å². The molecule has 0 spiro atoms. The summed E-state index contributed by atoms with van der Waals surface area (Å²) in [5.41, 5.74) is 0.0175. The Hall–Kier alpha value is -1.19. The quantitative estimate of drug-likeness (QED) is 0.402. The lowest BCUT2D eigenvalue weighted by molar-refractivity contribution is -0.0506. The van der Waals surface area contributed by atoms with Gasteiger partial charge in [-0.1, -0.05) is 13.0 Å². The normalized spacial score (nSPS) is 20.0. The maximum Gasteiger partial charge on any atom is 0.387 e. The van der Waals surface area contributed by atoms with Gasteiger partial charge in [-0.15, -0.1) is 24.0 Å². The largest absolute Gasteiger partial charge is 0.434 e. The molecule has 1 aliphatic rings. The van der Waals surface area contributed by atoms with Crippen LogP contribution >= 0.6 is 24.0 Å². The molecule has 1 aromatic rings. The SMILES string of the molecule is CCNC(=NCc1c(F)cccc1OC(F)F)NC1CC1C.I. The van der Waals surface area contributed by atoms with Crippen LogP contribution in [0.5, 0.6) is 5.75 Å². The van der Waals surface area contributed by atoms with Crippen molar-refractivity contribution in [1.82, 2.24) is 10.6 Å². The second-order valence-corrected chi connectivity index (χ2v) is 5.25. The molecule has 1 fully saturated rings. The summed E-state index contributed by atoms with van der Waals surface area (Å²) in [5, 5.41) is 6.27. The highest BCUT2D eigenvalue weighted by Crippen LogP contribution is 2.29. The highest BCUT2D eigenvalue weighted by atomic mass is 127. The Morgan fingerprint density at radius 1 is 1.43 bits per heavy atom. The van der Waals surface area contributed by atoms with E-state index in [0.717, 1.165) is 6.42 Å². The van der Waals surface area contributed by atoms with E-state index >= 15 is 0 Å². The van der Waals surface area contributed by atoms with Crippen molar-refractivity contribution in [1.29, 1.82) is 0 Å². The van der Waals surface area contributed by atoms with Crippen LogP contribution in [-0.4, -0.2) is 25.2 Å². The molecule has 0 radical (unpaired) electrons. The van der Waals surface area contributed by atoms with Gasteiger partial charge < -0.3 is 15.4 Å². The third kappa shape index (κ3) is 6.08. The van der Waals surface area contributed by atoms with Gasteiger partial charge in [0.15, 0.2) is 5.96 Å². The van der Waals surface area contributed by atoms with E-state index in [-0.39, 0.29) is 41.8 Å². The fourth-order valence-corrected chi connectivity index (χ4v) is 2.08. The van der Waals surface area contributed by atoms with Crippen LogP contribution in [0.3, 0.4) is 0 Å². The van der Waals surface area contributed by atoms with Crippen LogP contribution in [0, 0.1) is 11.7 Å². The molecule has 23 heavy (non-hydrogen) atoms. The fourth-order valence-electron chi connectivity index (χ4n) is 2.08. The number of hydrogen-bond acceptors (Lipinski definition) is 2. The third-order valence-electron chi connectivity index (χ3n) is 3.46. The summed E-state index contributed by atoms with van der Waals surface area (Å²) in [5.74, 6) is 0.324. The Morgan fingerprint density at radius 3 is 2.70 bits per heavy atom. The van der Waals surface area contributed by atoms with E-state index in [1.165, 1.54) is 18.2 Å². The lowest BCUT2D eigenvalue weighted by Crippen LogP contribution is -2.39. The minimum absolute atomic E-state index is 0. The maximum absolute atomic E-state index is 13.8. The number of aliphatic imine (C=N–C) groups is 1. The van der Waals surface area contributed by atoms with E-state index in [2.05, 4.69) is 27.3 Å². The van der Waals surface area contributed by atoms with E-state index in [1.807, 2.05) is 6.92 Å². The summed E-state index contributed by atoms with van der Waals surface area (Å²) in [6.07, 6.45) is 1.06. The zero-order valence-electron chi connectivity index (χ0n) is 13.0. The number of guanidine groups is 1. The molecule has 2 unspecified atom stereocenters. The average Bonchev–Trinajstić information content (AvgIpc) is 3.13. The molecule has 1 aromatic carbocycles. The van der Waals surface area contributed by atoms with Gasteiger partial charge in [0.1, 0.15) is 11.6 Å². The molecule has 2 rings (SSSR count). The predicted octanol–water partition coefficient (Wildman–Crippen LogP) is 3.51. The molecule has 0 aromatic heterocycles. The van der Waals surface area contributed by atoms with Crippen LogP contribution < -0.4 is 15.4 Å². The maximum atomic E-state index is 13.8. The van der Waals surface area contributed by atoms with Crippen molar-refractivity contribution in [2.75, 3.05) is 6.54 Å². The molecule has 0 aliphatic heterocycles. The van der Waals surface area contributed by atoms with Gasteiger partial charge in [0.25, 0.3) is 0 Å². The highest BCUT2D eigenvalue weighted by Gasteiger charge is 2.33. The number of nitrogens with one attached hydrogen (secondary N) is 2. The summed E-state index contributed by atoms with van der Waals surface area (Å²) in [4.78, 5) is 4.26. The van der Waals surface area contributed by atoms with E-state index in [0.29, 0.717) is 24.5 Å². The Kier molecular flexibility index (Phi) is 7.93. The summed E-state index contributed by atoms with van der Waals surface area (Å²) in [7, 11) is 0. The van der Waals surface area contributed by atoms with Gasteiger partial charge in [0.2, 0.25) is 0 Å². The molecule has 2 atom stereocenters. The first kappa shape index (κ1) is 19.9. The van der Waals surface area contributed by atoms with E-state index < -0.39 is 12.4 Å². The Bertz CT molecular complexity index is 543. The summed E-state index contributed by atoms with van der Waals surface area (Å²) < 4.78 is 42.9. The lowest BCUT2D eigenvalue weighted by Gasteiger charge is -2.13. The molecular weight excluding hydrogens is 422 g/mol. The van der Waals surface area contributed by atoms with Crippen LogP contribution in [0.4, 0.5) is 13.2 Å². The summed E-state index contributed by atoms with van der Waals surface area (Å²) in [6, 6.07) is 4.20. The standard InChI is InChI=1S/C15H20F3N3O.HI/c1-3-19-15(21-12-7-9(12)2)20-8-10-11(16)5-4-6-13(10)22-14(17)18;/h4-6,9,12,14H,3,7-8H2,1-2H3,(H2,19,20,21);1H. The van der Waals surface area contributed by atoms with Crippen molar-refractivity contribution in [3.05, 3.63) is 29.6 Å². The number of ether oxygens (including phenoxy) is 1. The number of benzene rings is 1. The topological polar surface area (TPSA) is 45.7 Å². The first-order valence-corrected chi connectivity index (χ1v) is 7.28. The lowest BCUT2D eigenvalue weighted by atomic mass is 10.2. The molecule has 0 heterocycles. The number of alkyl halides is 2. The second-order valence-electron chi connectivity index (χ2n) is 5.25. The van der Waals surface area contributed by atoms with Gasteiger partial charge in [-0.25, -0.2) is 9.38 Å². The Morgan fingerprint density at radius 2 is 2.13 bits per heavy atom. The van der Waals surface area contributed by atoms with Crippen LogP contribution in [0.25, 0.3) is 0 Å². The van der Waals surface area contributed by atoms with Gasteiger partial charge in [-0.05, 0) is 31.4 Å². The Labute approximate surface area is 150 Å². The molecule has 4 nitrogen and oxygen atoms in total. The zero-order chi connectivity index (χ0) is 16.1. The average molecular weight is 443 g/mol. The highest BCUT2D eigenvalue weighted by molar-refractivity contribution is 14.0. The smallest absolute Gasteiger partial charge is 0.387 e. The van der Waals surface area contributed by atoms with Gasteiger partial charge >= 0.3 is 6.61 Å². The molecule has 1 aliphatic carbocycles. The first-order valence-electron chi connectivity index (χ1n) is 7.28. The number of nitrogens with zero attached hydrogens (tertiary/aromatic N) is 1. The van der Waals surface area contributed by atoms with Crippen molar-refractivity contribution in [2.45, 2.75) is 39.5 Å². The number of halogens is 4. The molecule has 0 amide bonds. The predicted molar refractivity (Wildman–Crippen MR) is 94.0 cm³/mol. The van der Waals surface area contributed by atoms with Crippen molar-refractivity contribution in [2.24, 2.45) is 10.9 Å². The van der Waals surface area contributed by atoms with Crippen molar-refractivity contribution in [3.63, 3.8) is 0 Å². The third-order valence-corrected chi connectivity index (χ3v) is 3.46.